The van der Waals surface area contributed by atoms with Gasteiger partial charge < -0.3 is 10.2 Å². The molecule has 8 heteroatoms. The summed E-state index contributed by atoms with van der Waals surface area (Å²) >= 11 is 4.41. The number of carbonyl (C=O) groups excluding carboxylic acids is 2. The molecule has 1 aliphatic rings. The van der Waals surface area contributed by atoms with Crippen molar-refractivity contribution in [3.05, 3.63) is 22.9 Å². The lowest BCUT2D eigenvalue weighted by Gasteiger charge is -2.35. The minimum atomic E-state index is -0.116. The molecular weight excluding hydrogens is 386 g/mol. The van der Waals surface area contributed by atoms with Crippen LogP contribution in [0.5, 0.6) is 0 Å². The Morgan fingerprint density at radius 3 is 2.73 bits per heavy atom. The van der Waals surface area contributed by atoms with E-state index in [2.05, 4.69) is 24.1 Å². The van der Waals surface area contributed by atoms with E-state index >= 15 is 0 Å². The third-order valence-electron chi connectivity index (χ3n) is 4.20. The molecule has 0 unspecified atom stereocenters. The number of nitrogens with zero attached hydrogens (tertiary/aromatic N) is 2. The monoisotopic (exact) mass is 409 g/mol. The SMILES string of the molecule is C[C@@H]1C[C@@H](C)CN(C(=O)CSCC(=O)Nc2nc(-c3cccs3)cs2)C1. The first kappa shape index (κ1) is 19.4. The molecule has 26 heavy (non-hydrogen) atoms. The number of thiazole rings is 1. The lowest BCUT2D eigenvalue weighted by Crippen LogP contribution is -2.43. The van der Waals surface area contributed by atoms with Crippen molar-refractivity contribution in [3.63, 3.8) is 0 Å². The van der Waals surface area contributed by atoms with Crippen LogP contribution in [0.25, 0.3) is 10.6 Å². The topological polar surface area (TPSA) is 62.3 Å². The van der Waals surface area contributed by atoms with Gasteiger partial charge >= 0.3 is 0 Å². The Bertz CT molecular complexity index is 735. The van der Waals surface area contributed by atoms with Crippen LogP contribution in [0.3, 0.4) is 0 Å². The van der Waals surface area contributed by atoms with Gasteiger partial charge in [0.25, 0.3) is 0 Å². The quantitative estimate of drug-likeness (QED) is 0.782. The zero-order chi connectivity index (χ0) is 18.5. The van der Waals surface area contributed by atoms with Crippen molar-refractivity contribution in [1.82, 2.24) is 9.88 Å². The normalized spacial score (nSPS) is 20.2. The number of hydrogen-bond donors (Lipinski definition) is 1. The number of carbonyl (C=O) groups is 2. The van der Waals surface area contributed by atoms with E-state index in [9.17, 15) is 9.59 Å². The highest BCUT2D eigenvalue weighted by Gasteiger charge is 2.25. The molecule has 0 radical (unpaired) electrons. The number of rotatable bonds is 6. The molecule has 5 nitrogen and oxygen atoms in total. The largest absolute Gasteiger partial charge is 0.341 e. The summed E-state index contributed by atoms with van der Waals surface area (Å²) in [4.78, 5) is 31.9. The van der Waals surface area contributed by atoms with E-state index < -0.39 is 0 Å². The van der Waals surface area contributed by atoms with Gasteiger partial charge in [0.2, 0.25) is 11.8 Å². The zero-order valence-electron chi connectivity index (χ0n) is 14.9. The van der Waals surface area contributed by atoms with Crippen molar-refractivity contribution in [3.8, 4) is 10.6 Å². The Labute approximate surface area is 166 Å². The first-order chi connectivity index (χ1) is 12.5. The Kier molecular flexibility index (Phi) is 6.72. The van der Waals surface area contributed by atoms with Crippen molar-refractivity contribution in [2.24, 2.45) is 11.8 Å². The van der Waals surface area contributed by atoms with Crippen molar-refractivity contribution >= 4 is 51.4 Å². The number of amides is 2. The third-order valence-corrected chi connectivity index (χ3v) is 6.77. The molecule has 0 saturated carbocycles. The molecule has 1 saturated heterocycles. The van der Waals surface area contributed by atoms with Gasteiger partial charge in [0, 0.05) is 18.5 Å². The number of piperidine rings is 1. The fourth-order valence-electron chi connectivity index (χ4n) is 3.21. The van der Waals surface area contributed by atoms with Crippen molar-refractivity contribution < 1.29 is 9.59 Å². The van der Waals surface area contributed by atoms with Gasteiger partial charge in [-0.1, -0.05) is 19.9 Å². The molecule has 0 aliphatic carbocycles. The first-order valence-electron chi connectivity index (χ1n) is 8.66. The molecule has 0 aromatic carbocycles. The number of aromatic nitrogens is 1. The molecule has 2 amide bonds. The van der Waals surface area contributed by atoms with E-state index in [0.29, 0.717) is 22.7 Å². The van der Waals surface area contributed by atoms with Crippen LogP contribution in [0, 0.1) is 11.8 Å². The van der Waals surface area contributed by atoms with Crippen molar-refractivity contribution in [2.75, 3.05) is 29.9 Å². The van der Waals surface area contributed by atoms with E-state index in [4.69, 9.17) is 0 Å². The number of likely N-dealkylation sites (tertiary alicyclic amines) is 1. The van der Waals surface area contributed by atoms with Crippen molar-refractivity contribution in [1.29, 1.82) is 0 Å². The van der Waals surface area contributed by atoms with E-state index in [-0.39, 0.29) is 17.6 Å². The molecule has 0 spiro atoms. The first-order valence-corrected chi connectivity index (χ1v) is 11.6. The van der Waals surface area contributed by atoms with Gasteiger partial charge in [-0.3, -0.25) is 9.59 Å². The van der Waals surface area contributed by atoms with Crippen LogP contribution in [-0.2, 0) is 9.59 Å². The Balaban J connectivity index is 1.41. The zero-order valence-corrected chi connectivity index (χ0v) is 17.4. The number of thioether (sulfide) groups is 1. The molecular formula is C18H23N3O2S3. The molecule has 2 aromatic rings. The van der Waals surface area contributed by atoms with E-state index in [1.165, 1.54) is 29.5 Å². The predicted molar refractivity (Wildman–Crippen MR) is 111 cm³/mol. The summed E-state index contributed by atoms with van der Waals surface area (Å²) in [6.07, 6.45) is 1.18. The van der Waals surface area contributed by atoms with E-state index in [1.54, 1.807) is 11.3 Å². The van der Waals surface area contributed by atoms with Crippen LogP contribution in [0.2, 0.25) is 0 Å². The number of anilines is 1. The van der Waals surface area contributed by atoms with Gasteiger partial charge in [0.1, 0.15) is 0 Å². The number of thiophene rings is 1. The second-order valence-corrected chi connectivity index (χ2v) is 9.59. The molecule has 0 bridgehead atoms. The van der Waals surface area contributed by atoms with Gasteiger partial charge in [-0.05, 0) is 29.7 Å². The summed E-state index contributed by atoms with van der Waals surface area (Å²) in [5.74, 6) is 1.74. The molecule has 1 fully saturated rings. The van der Waals surface area contributed by atoms with E-state index in [0.717, 1.165) is 23.7 Å². The molecule has 2 aromatic heterocycles. The summed E-state index contributed by atoms with van der Waals surface area (Å²) in [6, 6.07) is 3.99. The van der Waals surface area contributed by atoms with Crippen LogP contribution in [0.1, 0.15) is 20.3 Å². The van der Waals surface area contributed by atoms with Gasteiger partial charge in [-0.25, -0.2) is 4.98 Å². The van der Waals surface area contributed by atoms with Crippen LogP contribution in [0.15, 0.2) is 22.9 Å². The number of nitrogens with one attached hydrogen (secondary N) is 1. The second kappa shape index (κ2) is 9.01. The second-order valence-electron chi connectivity index (χ2n) is 6.80. The van der Waals surface area contributed by atoms with Crippen LogP contribution >= 0.6 is 34.4 Å². The number of hydrogen-bond acceptors (Lipinski definition) is 6. The predicted octanol–water partition coefficient (Wildman–Crippen LogP) is 4.05. The van der Waals surface area contributed by atoms with Gasteiger partial charge in [0.15, 0.2) is 5.13 Å². The lowest BCUT2D eigenvalue weighted by atomic mass is 9.92. The average molecular weight is 410 g/mol. The fraction of sp³-hybridized carbons (Fsp3) is 0.500. The summed E-state index contributed by atoms with van der Waals surface area (Å²) in [5, 5.41) is 7.37. The van der Waals surface area contributed by atoms with Crippen LogP contribution < -0.4 is 5.32 Å². The van der Waals surface area contributed by atoms with Gasteiger partial charge in [-0.2, -0.15) is 0 Å². The summed E-state index contributed by atoms with van der Waals surface area (Å²) < 4.78 is 0. The molecule has 3 rings (SSSR count). The van der Waals surface area contributed by atoms with Gasteiger partial charge in [0.05, 0.1) is 22.1 Å². The average Bonchev–Trinajstić information content (AvgIpc) is 3.25. The highest BCUT2D eigenvalue weighted by atomic mass is 32.2. The van der Waals surface area contributed by atoms with Crippen molar-refractivity contribution in [2.45, 2.75) is 20.3 Å². The summed E-state index contributed by atoms with van der Waals surface area (Å²) in [7, 11) is 0. The maximum atomic E-state index is 12.3. The maximum absolute atomic E-state index is 12.3. The summed E-state index contributed by atoms with van der Waals surface area (Å²) in [5.41, 5.74) is 0.886. The molecule has 140 valence electrons. The highest BCUT2D eigenvalue weighted by Crippen LogP contribution is 2.28. The highest BCUT2D eigenvalue weighted by molar-refractivity contribution is 8.00. The Morgan fingerprint density at radius 2 is 2.04 bits per heavy atom. The Morgan fingerprint density at radius 1 is 1.27 bits per heavy atom. The molecule has 1 aliphatic heterocycles. The molecule has 1 N–H and O–H groups in total. The standard InChI is InChI=1S/C18H23N3O2S3/c1-12-6-13(2)8-21(7-12)17(23)11-24-10-16(22)20-18-19-14(9-26-18)15-4-3-5-25-15/h3-5,9,12-13H,6-8,10-11H2,1-2H3,(H,19,20,22)/t12-,13-/m1/s1. The molecule has 3 heterocycles. The molecule has 2 atom stereocenters. The fourth-order valence-corrected chi connectivity index (χ4v) is 5.42. The minimum Gasteiger partial charge on any atom is -0.341 e. The Hall–Kier alpha value is -1.38. The van der Waals surface area contributed by atoms with Gasteiger partial charge in [-0.15, -0.1) is 34.4 Å². The third kappa shape index (κ3) is 5.31. The minimum absolute atomic E-state index is 0.116. The lowest BCUT2D eigenvalue weighted by molar-refractivity contribution is -0.130. The maximum Gasteiger partial charge on any atom is 0.236 e. The summed E-state index contributed by atoms with van der Waals surface area (Å²) in [6.45, 7) is 6.05. The van der Waals surface area contributed by atoms with Crippen LogP contribution in [-0.4, -0.2) is 46.3 Å². The van der Waals surface area contributed by atoms with Crippen LogP contribution in [0.4, 0.5) is 5.13 Å². The van der Waals surface area contributed by atoms with E-state index in [1.807, 2.05) is 27.8 Å². The smallest absolute Gasteiger partial charge is 0.236 e.